The van der Waals surface area contributed by atoms with Crippen LogP contribution in [-0.4, -0.2) is 32.8 Å². The lowest BCUT2D eigenvalue weighted by molar-refractivity contribution is -0.119. The number of amides is 1. The van der Waals surface area contributed by atoms with Crippen molar-refractivity contribution in [2.75, 3.05) is 17.1 Å². The number of carbonyl (C=O) groups excluding carboxylic acids is 1. The molecule has 0 saturated heterocycles. The Morgan fingerprint density at radius 1 is 1.00 bits per heavy atom. The quantitative estimate of drug-likeness (QED) is 0.567. The molecule has 0 aliphatic heterocycles. The number of halogens is 2. The number of sulfonamides is 1. The number of anilines is 1. The predicted molar refractivity (Wildman–Crippen MR) is 125 cm³/mol. The van der Waals surface area contributed by atoms with E-state index in [2.05, 4.69) is 10.5 Å². The second-order valence-corrected chi connectivity index (χ2v) is 10.5. The summed E-state index contributed by atoms with van der Waals surface area (Å²) in [5, 5.41) is 4.84. The Morgan fingerprint density at radius 3 is 2.07 bits per heavy atom. The van der Waals surface area contributed by atoms with Gasteiger partial charge in [-0.25, -0.2) is 13.8 Å². The van der Waals surface area contributed by atoms with Crippen LogP contribution in [0.5, 0.6) is 0 Å². The summed E-state index contributed by atoms with van der Waals surface area (Å²) < 4.78 is 25.5. The summed E-state index contributed by atoms with van der Waals surface area (Å²) in [6.07, 6.45) is 13.6. The molecule has 168 valence electrons. The summed E-state index contributed by atoms with van der Waals surface area (Å²) in [7, 11) is -3.74. The number of rotatable bonds is 5. The molecule has 30 heavy (non-hydrogen) atoms. The van der Waals surface area contributed by atoms with Crippen LogP contribution in [0.2, 0.25) is 10.0 Å². The van der Waals surface area contributed by atoms with Crippen LogP contribution in [-0.2, 0) is 14.8 Å². The monoisotopic (exact) mass is 475 g/mol. The van der Waals surface area contributed by atoms with Crippen LogP contribution < -0.4 is 9.73 Å². The summed E-state index contributed by atoms with van der Waals surface area (Å²) >= 11 is 12.1. The summed E-state index contributed by atoms with van der Waals surface area (Å²) in [4.78, 5) is 12.5. The van der Waals surface area contributed by atoms with Gasteiger partial charge in [-0.3, -0.25) is 9.10 Å². The van der Waals surface area contributed by atoms with Crippen LogP contribution in [0.25, 0.3) is 0 Å². The molecule has 1 saturated carbocycles. The van der Waals surface area contributed by atoms with Gasteiger partial charge in [0.05, 0.1) is 17.0 Å². The van der Waals surface area contributed by atoms with Crippen molar-refractivity contribution in [2.45, 2.75) is 70.6 Å². The normalized spacial score (nSPS) is 16.8. The number of carbonyl (C=O) groups is 1. The minimum absolute atomic E-state index is 0.167. The first-order chi connectivity index (χ1) is 14.3. The first kappa shape index (κ1) is 25.0. The van der Waals surface area contributed by atoms with E-state index in [-0.39, 0.29) is 10.7 Å². The number of benzene rings is 1. The van der Waals surface area contributed by atoms with Gasteiger partial charge in [0, 0.05) is 10.7 Å². The van der Waals surface area contributed by atoms with Crippen molar-refractivity contribution in [1.82, 2.24) is 5.43 Å². The predicted octanol–water partition coefficient (Wildman–Crippen LogP) is 5.54. The molecular formula is C21H31Cl2N3O3S. The minimum atomic E-state index is -3.74. The lowest BCUT2D eigenvalue weighted by Gasteiger charge is -2.22. The van der Waals surface area contributed by atoms with Crippen LogP contribution in [0, 0.1) is 0 Å². The van der Waals surface area contributed by atoms with E-state index in [9.17, 15) is 13.2 Å². The Hall–Kier alpha value is -1.31. The highest BCUT2D eigenvalue weighted by Crippen LogP contribution is 2.30. The minimum Gasteiger partial charge on any atom is -0.271 e. The molecule has 0 bridgehead atoms. The molecule has 1 aliphatic rings. The third-order valence-electron chi connectivity index (χ3n) is 5.13. The smallest absolute Gasteiger partial charge is 0.260 e. The zero-order valence-electron chi connectivity index (χ0n) is 17.5. The Bertz CT molecular complexity index is 830. The van der Waals surface area contributed by atoms with Gasteiger partial charge in [-0.05, 0) is 43.9 Å². The van der Waals surface area contributed by atoms with E-state index in [1.54, 1.807) is 6.07 Å². The number of hydrogen-bond donors (Lipinski definition) is 1. The number of nitrogens with one attached hydrogen (secondary N) is 1. The van der Waals surface area contributed by atoms with E-state index in [4.69, 9.17) is 23.2 Å². The van der Waals surface area contributed by atoms with Crippen molar-refractivity contribution in [3.8, 4) is 0 Å². The standard InChI is InChI=1S/C21H31Cl2N3O3S/c1-30(28,29)26(20-15-17(22)13-14-19(20)23)16-21(27)25-24-18-11-9-7-5-3-2-4-6-8-10-12-18/h13-15H,2-12,16H2,1H3,(H,25,27). The van der Waals surface area contributed by atoms with E-state index in [0.29, 0.717) is 5.02 Å². The van der Waals surface area contributed by atoms with Crippen molar-refractivity contribution in [3.63, 3.8) is 0 Å². The lowest BCUT2D eigenvalue weighted by Crippen LogP contribution is -2.39. The van der Waals surface area contributed by atoms with Crippen molar-refractivity contribution >= 4 is 50.5 Å². The van der Waals surface area contributed by atoms with Crippen LogP contribution in [0.1, 0.15) is 70.6 Å². The van der Waals surface area contributed by atoms with Crippen molar-refractivity contribution in [1.29, 1.82) is 0 Å². The Morgan fingerprint density at radius 2 is 1.53 bits per heavy atom. The fourth-order valence-corrected chi connectivity index (χ4v) is 4.79. The topological polar surface area (TPSA) is 78.8 Å². The second kappa shape index (κ2) is 12.5. The Balaban J connectivity index is 2.05. The van der Waals surface area contributed by atoms with E-state index in [1.807, 2.05) is 0 Å². The molecule has 0 spiro atoms. The highest BCUT2D eigenvalue weighted by molar-refractivity contribution is 7.92. The van der Waals surface area contributed by atoms with E-state index in [0.717, 1.165) is 42.0 Å². The molecule has 1 amide bonds. The van der Waals surface area contributed by atoms with E-state index in [1.165, 1.54) is 57.1 Å². The molecule has 1 aromatic rings. The van der Waals surface area contributed by atoms with Gasteiger partial charge in [0.1, 0.15) is 6.54 Å². The number of hydrogen-bond acceptors (Lipinski definition) is 4. The molecule has 1 aromatic carbocycles. The van der Waals surface area contributed by atoms with Gasteiger partial charge >= 0.3 is 0 Å². The molecule has 0 aromatic heterocycles. The van der Waals surface area contributed by atoms with Crippen molar-refractivity contribution < 1.29 is 13.2 Å². The van der Waals surface area contributed by atoms with Crippen LogP contribution in [0.15, 0.2) is 23.3 Å². The van der Waals surface area contributed by atoms with Crippen LogP contribution >= 0.6 is 23.2 Å². The summed E-state index contributed by atoms with van der Waals surface area (Å²) in [6.45, 7) is -0.421. The number of hydrazone groups is 1. The molecular weight excluding hydrogens is 445 g/mol. The first-order valence-electron chi connectivity index (χ1n) is 10.5. The maximum Gasteiger partial charge on any atom is 0.260 e. The lowest BCUT2D eigenvalue weighted by atomic mass is 10.00. The third-order valence-corrected chi connectivity index (χ3v) is 6.82. The maximum atomic E-state index is 12.5. The fourth-order valence-electron chi connectivity index (χ4n) is 3.50. The first-order valence-corrected chi connectivity index (χ1v) is 13.1. The highest BCUT2D eigenvalue weighted by Gasteiger charge is 2.23. The second-order valence-electron chi connectivity index (χ2n) is 7.76. The molecule has 1 fully saturated rings. The van der Waals surface area contributed by atoms with Crippen LogP contribution in [0.3, 0.4) is 0 Å². The molecule has 1 aliphatic carbocycles. The molecule has 1 N–H and O–H groups in total. The van der Waals surface area contributed by atoms with Gasteiger partial charge in [0.25, 0.3) is 5.91 Å². The highest BCUT2D eigenvalue weighted by atomic mass is 35.5. The molecule has 0 radical (unpaired) electrons. The molecule has 0 unspecified atom stereocenters. The molecule has 0 heterocycles. The molecule has 0 atom stereocenters. The van der Waals surface area contributed by atoms with Gasteiger partial charge in [0.2, 0.25) is 10.0 Å². The van der Waals surface area contributed by atoms with Gasteiger partial charge in [-0.15, -0.1) is 0 Å². The number of nitrogens with zero attached hydrogens (tertiary/aromatic N) is 2. The molecule has 2 rings (SSSR count). The van der Waals surface area contributed by atoms with Crippen molar-refractivity contribution in [3.05, 3.63) is 28.2 Å². The zero-order chi connectivity index (χ0) is 22.0. The third kappa shape index (κ3) is 8.82. The SMILES string of the molecule is CS(=O)(=O)N(CC(=O)NN=C1CCCCCCCCCCC1)c1cc(Cl)ccc1Cl. The Kier molecular flexibility index (Phi) is 10.4. The van der Waals surface area contributed by atoms with Gasteiger partial charge in [0.15, 0.2) is 0 Å². The summed E-state index contributed by atoms with van der Waals surface area (Å²) in [5.74, 6) is -0.518. The molecule has 9 heteroatoms. The average molecular weight is 476 g/mol. The summed E-state index contributed by atoms with van der Waals surface area (Å²) in [6, 6.07) is 4.49. The van der Waals surface area contributed by atoms with E-state index >= 15 is 0 Å². The average Bonchev–Trinajstić information content (AvgIpc) is 2.67. The summed E-state index contributed by atoms with van der Waals surface area (Å²) in [5.41, 5.74) is 3.67. The van der Waals surface area contributed by atoms with Crippen LogP contribution in [0.4, 0.5) is 5.69 Å². The van der Waals surface area contributed by atoms with Gasteiger partial charge < -0.3 is 0 Å². The zero-order valence-corrected chi connectivity index (χ0v) is 19.8. The van der Waals surface area contributed by atoms with Gasteiger partial charge in [-0.2, -0.15) is 5.10 Å². The van der Waals surface area contributed by atoms with Gasteiger partial charge in [-0.1, -0.05) is 68.1 Å². The largest absolute Gasteiger partial charge is 0.271 e. The van der Waals surface area contributed by atoms with E-state index < -0.39 is 22.5 Å². The molecule has 6 nitrogen and oxygen atoms in total. The fraction of sp³-hybridized carbons (Fsp3) is 0.619. The Labute approximate surface area is 190 Å². The van der Waals surface area contributed by atoms with Crippen molar-refractivity contribution in [2.24, 2.45) is 5.10 Å². The maximum absolute atomic E-state index is 12.5.